The average Bonchev–Trinajstić information content (AvgIpc) is 2.15. The van der Waals surface area contributed by atoms with Gasteiger partial charge in [-0.05, 0) is 11.6 Å². The minimum Gasteiger partial charge on any atom is -0.504 e. The highest BCUT2D eigenvalue weighted by Gasteiger charge is 1.94. The molecule has 12 heavy (non-hydrogen) atoms. The Morgan fingerprint density at radius 2 is 1.92 bits per heavy atom. The molecule has 62 valence electrons. The molecule has 0 heterocycles. The summed E-state index contributed by atoms with van der Waals surface area (Å²) in [5.41, 5.74) is 1.54. The highest BCUT2D eigenvalue weighted by Crippen LogP contribution is 2.07. The molecule has 0 bridgehead atoms. The molecule has 1 aromatic rings. The van der Waals surface area contributed by atoms with E-state index in [0.717, 1.165) is 11.8 Å². The molecule has 1 aromatic carbocycles. The molecule has 0 aliphatic carbocycles. The molecule has 0 fully saturated rings. The van der Waals surface area contributed by atoms with Crippen molar-refractivity contribution in [2.75, 3.05) is 7.11 Å². The van der Waals surface area contributed by atoms with E-state index in [1.54, 1.807) is 25.5 Å². The number of rotatable bonds is 3. The molecule has 0 aliphatic rings. The molecular formula is C10H10O2. The van der Waals surface area contributed by atoms with Crippen molar-refractivity contribution in [3.05, 3.63) is 41.7 Å². The van der Waals surface area contributed by atoms with Crippen LogP contribution in [0.4, 0.5) is 0 Å². The maximum atomic E-state index is 10.5. The van der Waals surface area contributed by atoms with Crippen molar-refractivity contribution in [1.29, 1.82) is 0 Å². The van der Waals surface area contributed by atoms with Gasteiger partial charge in [0.25, 0.3) is 0 Å². The largest absolute Gasteiger partial charge is 0.504 e. The third-order valence-electron chi connectivity index (χ3n) is 1.51. The van der Waals surface area contributed by atoms with E-state index >= 15 is 0 Å². The maximum absolute atomic E-state index is 10.5. The molecule has 2 nitrogen and oxygen atoms in total. The van der Waals surface area contributed by atoms with Crippen molar-refractivity contribution in [2.24, 2.45) is 0 Å². The van der Waals surface area contributed by atoms with E-state index in [-0.39, 0.29) is 0 Å². The first-order valence-electron chi connectivity index (χ1n) is 3.62. The molecule has 0 saturated carbocycles. The molecule has 0 spiro atoms. The molecule has 0 amide bonds. The van der Waals surface area contributed by atoms with Crippen LogP contribution in [0.15, 0.2) is 30.5 Å². The molecule has 1 rings (SSSR count). The van der Waals surface area contributed by atoms with Crippen LogP contribution in [0.25, 0.3) is 6.08 Å². The van der Waals surface area contributed by atoms with Gasteiger partial charge >= 0.3 is 0 Å². The quantitative estimate of drug-likeness (QED) is 0.502. The van der Waals surface area contributed by atoms with E-state index in [0.29, 0.717) is 5.56 Å². The third-order valence-corrected chi connectivity index (χ3v) is 1.51. The zero-order valence-electron chi connectivity index (χ0n) is 6.86. The number of ether oxygens (including phenoxy) is 1. The second-order valence-electron chi connectivity index (χ2n) is 2.29. The van der Waals surface area contributed by atoms with E-state index in [2.05, 4.69) is 0 Å². The first kappa shape index (κ1) is 8.53. The maximum Gasteiger partial charge on any atom is 0.150 e. The van der Waals surface area contributed by atoms with Crippen molar-refractivity contribution in [1.82, 2.24) is 0 Å². The fourth-order valence-corrected chi connectivity index (χ4v) is 0.911. The zero-order chi connectivity index (χ0) is 8.81. The van der Waals surface area contributed by atoms with Crippen molar-refractivity contribution in [2.45, 2.75) is 0 Å². The second kappa shape index (κ2) is 4.34. The Hall–Kier alpha value is -1.57. The Morgan fingerprint density at radius 1 is 1.25 bits per heavy atom. The van der Waals surface area contributed by atoms with Gasteiger partial charge in [0.15, 0.2) is 6.29 Å². The van der Waals surface area contributed by atoms with Gasteiger partial charge in [-0.3, -0.25) is 4.79 Å². The smallest absolute Gasteiger partial charge is 0.150 e. The summed E-state index contributed by atoms with van der Waals surface area (Å²) in [6, 6.07) is 7.33. The van der Waals surface area contributed by atoms with E-state index in [9.17, 15) is 4.79 Å². The first-order valence-corrected chi connectivity index (χ1v) is 3.62. The number of benzene rings is 1. The predicted octanol–water partition coefficient (Wildman–Crippen LogP) is 2.12. The van der Waals surface area contributed by atoms with Gasteiger partial charge in [0.2, 0.25) is 0 Å². The molecule has 2 heteroatoms. The SMILES string of the molecule is CO/C=C/c1ccccc1C=O. The van der Waals surface area contributed by atoms with Crippen molar-refractivity contribution in [3.63, 3.8) is 0 Å². The molecule has 0 unspecified atom stereocenters. The van der Waals surface area contributed by atoms with Crippen LogP contribution in [-0.4, -0.2) is 13.4 Å². The Morgan fingerprint density at radius 3 is 2.50 bits per heavy atom. The highest BCUT2D eigenvalue weighted by atomic mass is 16.5. The van der Waals surface area contributed by atoms with Gasteiger partial charge in [-0.1, -0.05) is 24.3 Å². The van der Waals surface area contributed by atoms with E-state index < -0.39 is 0 Å². The molecule has 0 aliphatic heterocycles. The number of carbonyl (C=O) groups excluding carboxylic acids is 1. The van der Waals surface area contributed by atoms with Crippen LogP contribution in [0.1, 0.15) is 15.9 Å². The second-order valence-corrected chi connectivity index (χ2v) is 2.29. The standard InChI is InChI=1S/C10H10O2/c1-12-7-6-9-4-2-3-5-10(9)8-11/h2-8H,1H3/b7-6+. The van der Waals surface area contributed by atoms with Crippen molar-refractivity contribution >= 4 is 12.4 Å². The van der Waals surface area contributed by atoms with Gasteiger partial charge in [0.05, 0.1) is 13.4 Å². The van der Waals surface area contributed by atoms with Gasteiger partial charge in [-0.2, -0.15) is 0 Å². The van der Waals surface area contributed by atoms with Crippen LogP contribution in [0.3, 0.4) is 0 Å². The predicted molar refractivity (Wildman–Crippen MR) is 47.9 cm³/mol. The number of carbonyl (C=O) groups is 1. The summed E-state index contributed by atoms with van der Waals surface area (Å²) in [7, 11) is 1.57. The Bertz CT molecular complexity index is 290. The van der Waals surface area contributed by atoms with Gasteiger partial charge in [-0.25, -0.2) is 0 Å². The van der Waals surface area contributed by atoms with Crippen molar-refractivity contribution < 1.29 is 9.53 Å². The van der Waals surface area contributed by atoms with Crippen LogP contribution >= 0.6 is 0 Å². The lowest BCUT2D eigenvalue weighted by atomic mass is 10.1. The number of aldehydes is 1. The van der Waals surface area contributed by atoms with Crippen LogP contribution in [0.5, 0.6) is 0 Å². The summed E-state index contributed by atoms with van der Waals surface area (Å²) in [6.45, 7) is 0. The molecule has 0 N–H and O–H groups in total. The molecule has 0 atom stereocenters. The minimum atomic E-state index is 0.672. The number of methoxy groups -OCH3 is 1. The monoisotopic (exact) mass is 162 g/mol. The van der Waals surface area contributed by atoms with Crippen LogP contribution < -0.4 is 0 Å². The van der Waals surface area contributed by atoms with E-state index in [1.807, 2.05) is 18.2 Å². The fraction of sp³-hybridized carbons (Fsp3) is 0.100. The van der Waals surface area contributed by atoms with Crippen LogP contribution in [0.2, 0.25) is 0 Å². The normalized spacial score (nSPS) is 10.1. The Kier molecular flexibility index (Phi) is 3.08. The molecule has 0 saturated heterocycles. The van der Waals surface area contributed by atoms with E-state index in [1.165, 1.54) is 0 Å². The summed E-state index contributed by atoms with van der Waals surface area (Å²) in [5, 5.41) is 0. The van der Waals surface area contributed by atoms with E-state index in [4.69, 9.17) is 4.74 Å². The third kappa shape index (κ3) is 1.95. The number of hydrogen-bond acceptors (Lipinski definition) is 2. The Labute approximate surface area is 71.5 Å². The lowest BCUT2D eigenvalue weighted by Gasteiger charge is -1.96. The van der Waals surface area contributed by atoms with Gasteiger partial charge < -0.3 is 4.74 Å². The number of hydrogen-bond donors (Lipinski definition) is 0. The highest BCUT2D eigenvalue weighted by molar-refractivity contribution is 5.81. The van der Waals surface area contributed by atoms with Gasteiger partial charge in [0.1, 0.15) is 0 Å². The Balaban J connectivity index is 2.96. The summed E-state index contributed by atoms with van der Waals surface area (Å²) < 4.78 is 4.75. The van der Waals surface area contributed by atoms with Crippen molar-refractivity contribution in [3.8, 4) is 0 Å². The first-order chi connectivity index (χ1) is 5.88. The average molecular weight is 162 g/mol. The summed E-state index contributed by atoms with van der Waals surface area (Å²) in [5.74, 6) is 0. The lowest BCUT2D eigenvalue weighted by molar-refractivity contribution is 0.112. The lowest BCUT2D eigenvalue weighted by Crippen LogP contribution is -1.84. The molecular weight excluding hydrogens is 152 g/mol. The fourth-order valence-electron chi connectivity index (χ4n) is 0.911. The zero-order valence-corrected chi connectivity index (χ0v) is 6.86. The van der Waals surface area contributed by atoms with Crippen LogP contribution in [-0.2, 0) is 4.74 Å². The summed E-state index contributed by atoms with van der Waals surface area (Å²) in [4.78, 5) is 10.5. The topological polar surface area (TPSA) is 26.3 Å². The van der Waals surface area contributed by atoms with Gasteiger partial charge in [-0.15, -0.1) is 0 Å². The van der Waals surface area contributed by atoms with Gasteiger partial charge in [0, 0.05) is 5.56 Å². The minimum absolute atomic E-state index is 0.672. The summed E-state index contributed by atoms with van der Waals surface area (Å²) >= 11 is 0. The molecule has 0 radical (unpaired) electrons. The van der Waals surface area contributed by atoms with Crippen LogP contribution in [0, 0.1) is 0 Å². The molecule has 0 aromatic heterocycles. The summed E-state index contributed by atoms with van der Waals surface area (Å²) in [6.07, 6.45) is 4.13.